The molecule has 0 aliphatic carbocycles. The van der Waals surface area contributed by atoms with Gasteiger partial charge in [-0.1, -0.05) is 57.9 Å². The van der Waals surface area contributed by atoms with E-state index in [0.29, 0.717) is 16.6 Å². The zero-order chi connectivity index (χ0) is 18.7. The fourth-order valence-electron chi connectivity index (χ4n) is 2.85. The van der Waals surface area contributed by atoms with Gasteiger partial charge in [0.2, 0.25) is 5.91 Å². The van der Waals surface area contributed by atoms with Crippen LogP contribution < -0.4 is 10.7 Å². The van der Waals surface area contributed by atoms with Crippen LogP contribution >= 0.6 is 27.5 Å². The molecule has 0 spiro atoms. The third-order valence-corrected chi connectivity index (χ3v) is 4.87. The van der Waals surface area contributed by atoms with Crippen molar-refractivity contribution in [3.05, 3.63) is 63.1 Å². The van der Waals surface area contributed by atoms with Crippen LogP contribution in [-0.2, 0) is 9.59 Å². The Balaban J connectivity index is 1.74. The summed E-state index contributed by atoms with van der Waals surface area (Å²) in [4.78, 5) is 24.6. The molecular weight excluding hydrogens is 422 g/mol. The summed E-state index contributed by atoms with van der Waals surface area (Å²) in [5.41, 5.74) is 3.61. The van der Waals surface area contributed by atoms with Crippen molar-refractivity contribution in [3.63, 3.8) is 0 Å². The molecule has 1 aliphatic rings. The minimum absolute atomic E-state index is 0.145. The molecule has 0 bridgehead atoms. The number of carbonyl (C=O) groups is 2. The van der Waals surface area contributed by atoms with E-state index in [4.69, 9.17) is 11.6 Å². The summed E-state index contributed by atoms with van der Waals surface area (Å²) >= 11 is 9.15. The molecule has 0 saturated carbocycles. The summed E-state index contributed by atoms with van der Waals surface area (Å²) in [7, 11) is 0. The molecule has 2 amide bonds. The Morgan fingerprint density at radius 3 is 2.81 bits per heavy atom. The first-order valence-electron chi connectivity index (χ1n) is 7.81. The smallest absolute Gasteiger partial charge is 0.253 e. The van der Waals surface area contributed by atoms with Crippen LogP contribution in [0.4, 0.5) is 0 Å². The molecule has 2 aromatic carbocycles. The Labute approximate surface area is 163 Å². The third kappa shape index (κ3) is 3.89. The number of phenolic OH excluding ortho intramolecular Hbond substituents is 1. The van der Waals surface area contributed by atoms with Crippen LogP contribution in [0.25, 0.3) is 0 Å². The lowest BCUT2D eigenvalue weighted by atomic mass is 9.88. The van der Waals surface area contributed by atoms with Gasteiger partial charge < -0.3 is 10.4 Å². The number of hydrogen-bond donors (Lipinski definition) is 3. The van der Waals surface area contributed by atoms with E-state index in [1.165, 1.54) is 6.21 Å². The first-order valence-corrected chi connectivity index (χ1v) is 8.98. The molecule has 1 aliphatic heterocycles. The summed E-state index contributed by atoms with van der Waals surface area (Å²) in [6.45, 7) is 0.396. The zero-order valence-corrected chi connectivity index (χ0v) is 15.8. The van der Waals surface area contributed by atoms with Gasteiger partial charge in [0.05, 0.1) is 11.2 Å². The topological polar surface area (TPSA) is 90.8 Å². The zero-order valence-electron chi connectivity index (χ0n) is 13.4. The first kappa shape index (κ1) is 18.4. The van der Waals surface area contributed by atoms with Crippen LogP contribution in [0.5, 0.6) is 5.75 Å². The van der Waals surface area contributed by atoms with Gasteiger partial charge in [0.1, 0.15) is 11.7 Å². The van der Waals surface area contributed by atoms with E-state index in [9.17, 15) is 14.7 Å². The minimum Gasteiger partial charge on any atom is -0.506 e. The second-order valence-corrected chi connectivity index (χ2v) is 7.12. The molecule has 0 radical (unpaired) electrons. The molecule has 3 N–H and O–H groups in total. The van der Waals surface area contributed by atoms with Crippen LogP contribution in [0.15, 0.2) is 52.0 Å². The summed E-state index contributed by atoms with van der Waals surface area (Å²) in [6.07, 6.45) is 1.27. The van der Waals surface area contributed by atoms with E-state index < -0.39 is 11.8 Å². The molecule has 134 valence electrons. The maximum Gasteiger partial charge on any atom is 0.253 e. The lowest BCUT2D eigenvalue weighted by Crippen LogP contribution is -2.34. The Kier molecular flexibility index (Phi) is 5.58. The van der Waals surface area contributed by atoms with E-state index in [1.54, 1.807) is 12.1 Å². The number of aromatic hydroxyl groups is 1. The summed E-state index contributed by atoms with van der Waals surface area (Å²) < 4.78 is 0.660. The van der Waals surface area contributed by atoms with E-state index in [-0.39, 0.29) is 22.6 Å². The Hall–Kier alpha value is -2.38. The van der Waals surface area contributed by atoms with E-state index >= 15 is 0 Å². The number of nitrogens with one attached hydrogen (secondary N) is 2. The number of hydrazone groups is 1. The molecule has 1 saturated heterocycles. The average Bonchev–Trinajstić information content (AvgIpc) is 3.01. The van der Waals surface area contributed by atoms with Crippen molar-refractivity contribution in [1.82, 2.24) is 10.7 Å². The summed E-state index contributed by atoms with van der Waals surface area (Å²) in [5.74, 6) is -2.11. The lowest BCUT2D eigenvalue weighted by Gasteiger charge is -2.15. The van der Waals surface area contributed by atoms with Crippen molar-refractivity contribution in [1.29, 1.82) is 0 Å². The minimum atomic E-state index is -0.866. The van der Waals surface area contributed by atoms with Gasteiger partial charge in [0.15, 0.2) is 0 Å². The van der Waals surface area contributed by atoms with Gasteiger partial charge in [-0.3, -0.25) is 9.59 Å². The summed E-state index contributed by atoms with van der Waals surface area (Å²) in [6, 6.07) is 12.5. The molecule has 2 unspecified atom stereocenters. The maximum atomic E-state index is 12.5. The molecule has 6 nitrogen and oxygen atoms in total. The SMILES string of the molecule is O=C1NCC(c2ccccc2)C1C(=O)N/N=C/c1cc(Br)cc(Cl)c1O. The highest BCUT2D eigenvalue weighted by Crippen LogP contribution is 2.31. The van der Waals surface area contributed by atoms with E-state index in [2.05, 4.69) is 31.8 Å². The van der Waals surface area contributed by atoms with E-state index in [0.717, 1.165) is 5.56 Å². The van der Waals surface area contributed by atoms with Gasteiger partial charge in [0.25, 0.3) is 5.91 Å². The molecule has 3 rings (SSSR count). The summed E-state index contributed by atoms with van der Waals surface area (Å²) in [5, 5.41) is 16.6. The normalized spacial score (nSPS) is 19.5. The molecule has 1 fully saturated rings. The van der Waals surface area contributed by atoms with Gasteiger partial charge in [-0.15, -0.1) is 0 Å². The monoisotopic (exact) mass is 435 g/mol. The highest BCUT2D eigenvalue weighted by Gasteiger charge is 2.40. The highest BCUT2D eigenvalue weighted by atomic mass is 79.9. The average molecular weight is 437 g/mol. The second kappa shape index (κ2) is 7.88. The predicted molar refractivity (Wildman–Crippen MR) is 102 cm³/mol. The predicted octanol–water partition coefficient (Wildman–Crippen LogP) is 2.79. The van der Waals surface area contributed by atoms with Crippen LogP contribution in [0.1, 0.15) is 17.0 Å². The van der Waals surface area contributed by atoms with E-state index in [1.807, 2.05) is 30.3 Å². The van der Waals surface area contributed by atoms with Crippen molar-refractivity contribution in [2.24, 2.45) is 11.0 Å². The number of carbonyl (C=O) groups excluding carboxylic acids is 2. The van der Waals surface area contributed by atoms with Crippen molar-refractivity contribution in [2.45, 2.75) is 5.92 Å². The fraction of sp³-hybridized carbons (Fsp3) is 0.167. The maximum absolute atomic E-state index is 12.5. The molecule has 26 heavy (non-hydrogen) atoms. The van der Waals surface area contributed by atoms with Crippen LogP contribution in [0.3, 0.4) is 0 Å². The second-order valence-electron chi connectivity index (χ2n) is 5.80. The quantitative estimate of drug-likeness (QED) is 0.391. The van der Waals surface area contributed by atoms with Crippen molar-refractivity contribution < 1.29 is 14.7 Å². The van der Waals surface area contributed by atoms with Gasteiger partial charge in [0, 0.05) is 22.5 Å². The van der Waals surface area contributed by atoms with Gasteiger partial charge in [-0.2, -0.15) is 5.10 Å². The fourth-order valence-corrected chi connectivity index (χ4v) is 3.69. The van der Waals surface area contributed by atoms with Crippen molar-refractivity contribution in [2.75, 3.05) is 6.54 Å². The molecule has 2 atom stereocenters. The van der Waals surface area contributed by atoms with Crippen molar-refractivity contribution in [3.8, 4) is 5.75 Å². The standard InChI is InChI=1S/C18H15BrClN3O3/c19-12-6-11(16(24)14(20)7-12)8-22-23-18(26)15-13(9-21-17(15)25)10-4-2-1-3-5-10/h1-8,13,15,24H,9H2,(H,21,25)(H,23,26)/b22-8+. The number of rotatable bonds is 4. The lowest BCUT2D eigenvalue weighted by molar-refractivity contribution is -0.133. The Bertz CT molecular complexity index is 873. The van der Waals surface area contributed by atoms with Gasteiger partial charge >= 0.3 is 0 Å². The van der Waals surface area contributed by atoms with Gasteiger partial charge in [-0.05, 0) is 17.7 Å². The number of amides is 2. The molecular formula is C18H15BrClN3O3. The van der Waals surface area contributed by atoms with Crippen LogP contribution in [0, 0.1) is 5.92 Å². The molecule has 0 aromatic heterocycles. The highest BCUT2D eigenvalue weighted by molar-refractivity contribution is 9.10. The number of hydrogen-bond acceptors (Lipinski definition) is 4. The first-order chi connectivity index (χ1) is 12.5. The Morgan fingerprint density at radius 1 is 1.35 bits per heavy atom. The van der Waals surface area contributed by atoms with Crippen molar-refractivity contribution >= 4 is 45.6 Å². The number of benzene rings is 2. The molecule has 1 heterocycles. The third-order valence-electron chi connectivity index (χ3n) is 4.13. The number of halogens is 2. The molecule has 8 heteroatoms. The number of nitrogens with zero attached hydrogens (tertiary/aromatic N) is 1. The largest absolute Gasteiger partial charge is 0.506 e. The van der Waals surface area contributed by atoms with Crippen LogP contribution in [0.2, 0.25) is 5.02 Å². The molecule has 2 aromatic rings. The van der Waals surface area contributed by atoms with Crippen LogP contribution in [-0.4, -0.2) is 29.7 Å². The van der Waals surface area contributed by atoms with Gasteiger partial charge in [-0.25, -0.2) is 5.43 Å². The Morgan fingerprint density at radius 2 is 2.08 bits per heavy atom. The number of phenols is 1.